The topological polar surface area (TPSA) is 192 Å². The van der Waals surface area contributed by atoms with Gasteiger partial charge in [0.1, 0.15) is 23.5 Å². The van der Waals surface area contributed by atoms with Gasteiger partial charge in [0.15, 0.2) is 11.5 Å². The van der Waals surface area contributed by atoms with E-state index >= 15 is 8.78 Å². The Morgan fingerprint density at radius 1 is 1.03 bits per heavy atom. The van der Waals surface area contributed by atoms with Gasteiger partial charge in [-0.05, 0) is 74.8 Å². The van der Waals surface area contributed by atoms with Crippen LogP contribution in [-0.2, 0) is 35.1 Å². The lowest BCUT2D eigenvalue weighted by Gasteiger charge is -2.34. The predicted molar refractivity (Wildman–Crippen MR) is 208 cm³/mol. The lowest BCUT2D eigenvalue weighted by molar-refractivity contribution is -0.138. The van der Waals surface area contributed by atoms with Gasteiger partial charge in [0.2, 0.25) is 28.2 Å². The number of aromatic nitrogens is 2. The molecule has 2 bridgehead atoms. The van der Waals surface area contributed by atoms with Crippen LogP contribution in [0.2, 0.25) is 0 Å². The molecule has 4 saturated carbocycles. The number of amides is 3. The van der Waals surface area contributed by atoms with Gasteiger partial charge >= 0.3 is 6.09 Å². The van der Waals surface area contributed by atoms with E-state index in [1.54, 1.807) is 33.8 Å². The lowest BCUT2D eigenvalue weighted by Crippen LogP contribution is -2.57. The highest BCUT2D eigenvalue weighted by Crippen LogP contribution is 2.51. The van der Waals surface area contributed by atoms with Crippen molar-refractivity contribution in [1.29, 1.82) is 0 Å². The third-order valence-corrected chi connectivity index (χ3v) is 14.5. The average molecular weight is 868 g/mol. The Hall–Kier alpha value is -4.29. The SMILES string of the molecule is CCC[C@@H]1[C@@H]2CC(C(=O)[C@H](C(C)(C)C)NC(=O)O[C@@H]3C[C@H]3CCCCC(F)(F)c3nc4ccc(OC)cc4nc3O2)[C@@H]1C(=O)N[C@]1(C(=O)NS(=O)(=O)C2CC2)C[C@H]1C(F)F. The first kappa shape index (κ1) is 43.8. The second kappa shape index (κ2) is 16.2. The Bertz CT molecular complexity index is 2130. The molecular weight excluding hydrogens is 815 g/mol. The number of alkyl carbamates (subject to hydrolysis) is 1. The van der Waals surface area contributed by atoms with Gasteiger partial charge in [-0.3, -0.25) is 19.1 Å². The number of methoxy groups -OCH3 is 1. The molecule has 330 valence electrons. The molecule has 9 atom stereocenters. The number of Topliss-reactive ketones (excluding diaryl/α,β-unsaturated/α-hetero) is 1. The second-order valence-electron chi connectivity index (χ2n) is 18.2. The molecule has 4 aliphatic carbocycles. The number of sulfonamides is 1. The molecule has 60 heavy (non-hydrogen) atoms. The highest BCUT2D eigenvalue weighted by Gasteiger charge is 2.67. The van der Waals surface area contributed by atoms with E-state index in [0.29, 0.717) is 31.4 Å². The molecule has 0 spiro atoms. The van der Waals surface area contributed by atoms with Crippen molar-refractivity contribution in [2.24, 2.45) is 35.0 Å². The van der Waals surface area contributed by atoms with Crippen molar-refractivity contribution in [2.45, 2.75) is 140 Å². The van der Waals surface area contributed by atoms with Gasteiger partial charge in [-0.25, -0.2) is 32.0 Å². The largest absolute Gasteiger partial charge is 0.497 e. The first-order valence-electron chi connectivity index (χ1n) is 20.8. The van der Waals surface area contributed by atoms with Crippen LogP contribution in [0.25, 0.3) is 11.0 Å². The number of rotatable bonds is 9. The van der Waals surface area contributed by atoms with Crippen LogP contribution < -0.4 is 24.8 Å². The van der Waals surface area contributed by atoms with Crippen molar-refractivity contribution >= 4 is 44.7 Å². The first-order valence-corrected chi connectivity index (χ1v) is 22.3. The van der Waals surface area contributed by atoms with E-state index < -0.39 is 129 Å². The Labute approximate surface area is 346 Å². The summed E-state index contributed by atoms with van der Waals surface area (Å²) in [5.74, 6) is -12.1. The quantitative estimate of drug-likeness (QED) is 0.253. The van der Waals surface area contributed by atoms with Crippen molar-refractivity contribution in [2.75, 3.05) is 7.11 Å². The van der Waals surface area contributed by atoms with Gasteiger partial charge in [0.05, 0.1) is 41.3 Å². The lowest BCUT2D eigenvalue weighted by atomic mass is 9.75. The van der Waals surface area contributed by atoms with Gasteiger partial charge < -0.3 is 24.8 Å². The summed E-state index contributed by atoms with van der Waals surface area (Å²) in [4.78, 5) is 65.5. The maximum atomic E-state index is 16.4. The zero-order valence-corrected chi connectivity index (χ0v) is 35.1. The maximum Gasteiger partial charge on any atom is 0.408 e. The van der Waals surface area contributed by atoms with Crippen LogP contribution in [0.3, 0.4) is 0 Å². The fourth-order valence-electron chi connectivity index (χ4n) is 9.01. The number of ketones is 1. The van der Waals surface area contributed by atoms with Crippen LogP contribution in [0.4, 0.5) is 22.4 Å². The summed E-state index contributed by atoms with van der Waals surface area (Å²) >= 11 is 0. The molecule has 4 fully saturated rings. The van der Waals surface area contributed by atoms with Crippen LogP contribution in [0.1, 0.15) is 104 Å². The number of hydrogen-bond donors (Lipinski definition) is 3. The van der Waals surface area contributed by atoms with Crippen LogP contribution in [0.15, 0.2) is 18.2 Å². The molecule has 7 rings (SSSR count). The van der Waals surface area contributed by atoms with Crippen LogP contribution >= 0.6 is 0 Å². The summed E-state index contributed by atoms with van der Waals surface area (Å²) in [6.07, 6.45) is -4.35. The molecule has 1 aromatic heterocycles. The number of benzene rings is 1. The van der Waals surface area contributed by atoms with Gasteiger partial charge in [0, 0.05) is 24.3 Å². The molecule has 3 N–H and O–H groups in total. The van der Waals surface area contributed by atoms with Crippen LogP contribution in [0.5, 0.6) is 11.6 Å². The Balaban J connectivity index is 1.32. The fourth-order valence-corrected chi connectivity index (χ4v) is 10.4. The van der Waals surface area contributed by atoms with E-state index in [1.165, 1.54) is 19.2 Å². The minimum absolute atomic E-state index is 0.0527. The van der Waals surface area contributed by atoms with Gasteiger partial charge in [-0.1, -0.05) is 40.5 Å². The number of alkyl halides is 4. The molecule has 14 nitrogen and oxygen atoms in total. The normalized spacial score (nSPS) is 32.0. The Kier molecular flexibility index (Phi) is 11.8. The summed E-state index contributed by atoms with van der Waals surface area (Å²) in [5, 5.41) is 4.30. The maximum absolute atomic E-state index is 16.4. The number of carbonyl (C=O) groups is 4. The van der Waals surface area contributed by atoms with Gasteiger partial charge in [0.25, 0.3) is 11.8 Å². The zero-order chi connectivity index (χ0) is 43.5. The van der Waals surface area contributed by atoms with Crippen molar-refractivity contribution in [3.63, 3.8) is 0 Å². The molecule has 2 aromatic rings. The minimum Gasteiger partial charge on any atom is -0.497 e. The summed E-state index contributed by atoms with van der Waals surface area (Å²) in [5.41, 5.74) is -3.69. The summed E-state index contributed by atoms with van der Waals surface area (Å²) < 4.78 is 106. The average Bonchev–Trinajstić information content (AvgIpc) is 4.08. The molecule has 1 unspecified atom stereocenters. The van der Waals surface area contributed by atoms with E-state index in [-0.39, 0.29) is 49.1 Å². The van der Waals surface area contributed by atoms with Crippen LogP contribution in [-0.4, -0.2) is 84.7 Å². The molecule has 5 aliphatic rings. The summed E-state index contributed by atoms with van der Waals surface area (Å²) in [7, 11) is -2.78. The number of hydrogen-bond acceptors (Lipinski definition) is 11. The monoisotopic (exact) mass is 867 g/mol. The number of fused-ring (bicyclic) bond motifs is 5. The number of carbonyl (C=O) groups excluding carboxylic acids is 4. The zero-order valence-electron chi connectivity index (χ0n) is 34.3. The molecule has 3 amide bonds. The third kappa shape index (κ3) is 8.87. The van der Waals surface area contributed by atoms with E-state index in [2.05, 4.69) is 20.6 Å². The minimum atomic E-state index is -4.21. The number of nitrogens with one attached hydrogen (secondary N) is 3. The Morgan fingerprint density at radius 2 is 1.77 bits per heavy atom. The standard InChI is InChI=1S/C41H53F4N5O9S/c1-6-9-23-29-18-24(30(23)35(52)49-40(19-25(40)34(42)43)37(53)50-60(55,56)22-12-13-22)31(51)32(39(2,3)4)48-38(54)59-28-16-20(28)10-7-8-15-41(44,45)33-36(58-29)47-27-17-21(57-5)11-14-26(27)46-33/h11,14,17,20,22-25,28-30,32,34H,6-10,12-13,15-16,18-19H2,1-5H3,(H,48,54)(H,49,52)(H,50,53)/t20-,23-,24?,25+,28-,29+,30-,32-,40-/m1/s1. The predicted octanol–water partition coefficient (Wildman–Crippen LogP) is 5.95. The summed E-state index contributed by atoms with van der Waals surface area (Å²) in [6.45, 7) is 6.89. The molecule has 1 aromatic carbocycles. The van der Waals surface area contributed by atoms with Gasteiger partial charge in [-0.2, -0.15) is 8.78 Å². The van der Waals surface area contributed by atoms with E-state index in [0.717, 1.165) is 0 Å². The van der Waals surface area contributed by atoms with Gasteiger partial charge in [-0.15, -0.1) is 0 Å². The Morgan fingerprint density at radius 3 is 2.40 bits per heavy atom. The molecular formula is C41H53F4N5O9S. The highest BCUT2D eigenvalue weighted by atomic mass is 32.2. The summed E-state index contributed by atoms with van der Waals surface area (Å²) in [6, 6.07) is 3.30. The van der Waals surface area contributed by atoms with Crippen molar-refractivity contribution < 1.29 is 59.4 Å². The van der Waals surface area contributed by atoms with Crippen LogP contribution in [0, 0.1) is 35.0 Å². The van der Waals surface area contributed by atoms with Crippen molar-refractivity contribution in [3.05, 3.63) is 23.9 Å². The highest BCUT2D eigenvalue weighted by molar-refractivity contribution is 7.91. The fraction of sp³-hybridized carbons (Fsp3) is 0.707. The first-order chi connectivity index (χ1) is 28.2. The molecule has 19 heteroatoms. The number of nitrogens with zero attached hydrogens (tertiary/aromatic N) is 2. The second-order valence-corrected chi connectivity index (χ2v) is 20.2. The van der Waals surface area contributed by atoms with E-state index in [1.807, 2.05) is 4.72 Å². The molecule has 0 saturated heterocycles. The third-order valence-electron chi connectivity index (χ3n) is 12.7. The molecule has 1 aliphatic heterocycles. The van der Waals surface area contributed by atoms with Crippen molar-refractivity contribution in [1.82, 2.24) is 25.3 Å². The number of halogens is 4. The molecule has 2 heterocycles. The number of ether oxygens (including phenoxy) is 3. The van der Waals surface area contributed by atoms with Crippen molar-refractivity contribution in [3.8, 4) is 11.6 Å². The van der Waals surface area contributed by atoms with E-state index in [4.69, 9.17) is 14.2 Å². The smallest absolute Gasteiger partial charge is 0.408 e. The van der Waals surface area contributed by atoms with E-state index in [9.17, 15) is 36.4 Å². The molecule has 0 radical (unpaired) electrons.